The van der Waals surface area contributed by atoms with Crippen LogP contribution in [0.5, 0.6) is 0 Å². The highest BCUT2D eigenvalue weighted by Crippen LogP contribution is 2.15. The van der Waals surface area contributed by atoms with Crippen molar-refractivity contribution in [3.8, 4) is 0 Å². The number of nitrogens with one attached hydrogen (secondary N) is 1. The van der Waals surface area contributed by atoms with Crippen LogP contribution in [0.25, 0.3) is 0 Å². The number of alkyl carbamates (subject to hydrolysis) is 1. The van der Waals surface area contributed by atoms with E-state index in [0.717, 1.165) is 10.5 Å². The molecule has 0 aliphatic carbocycles. The van der Waals surface area contributed by atoms with Gasteiger partial charge in [-0.1, -0.05) is 30.3 Å². The largest absolute Gasteiger partial charge is 0.447 e. The molecule has 8 nitrogen and oxygen atoms in total. The van der Waals surface area contributed by atoms with E-state index in [1.807, 2.05) is 18.2 Å². The topological polar surface area (TPSA) is 102 Å². The van der Waals surface area contributed by atoms with Crippen LogP contribution < -0.4 is 5.32 Å². The molecule has 8 heteroatoms. The van der Waals surface area contributed by atoms with Crippen molar-refractivity contribution in [3.05, 3.63) is 35.9 Å². The zero-order valence-corrected chi connectivity index (χ0v) is 14.1. The van der Waals surface area contributed by atoms with E-state index < -0.39 is 35.8 Å². The van der Waals surface area contributed by atoms with Crippen molar-refractivity contribution in [2.75, 3.05) is 13.2 Å². The lowest BCUT2D eigenvalue weighted by molar-refractivity contribution is -0.138. The molecule has 1 N–H and O–H groups in total. The van der Waals surface area contributed by atoms with Crippen LogP contribution in [-0.2, 0) is 25.7 Å². The van der Waals surface area contributed by atoms with Gasteiger partial charge in [0.05, 0.1) is 6.54 Å². The molecule has 1 aromatic rings. The van der Waals surface area contributed by atoms with E-state index in [1.165, 1.54) is 13.8 Å². The van der Waals surface area contributed by atoms with Gasteiger partial charge in [-0.2, -0.15) is 0 Å². The number of benzene rings is 1. The van der Waals surface area contributed by atoms with Gasteiger partial charge < -0.3 is 14.8 Å². The number of carbonyl (C=O) groups is 4. The van der Waals surface area contributed by atoms with Gasteiger partial charge in [0.25, 0.3) is 0 Å². The fourth-order valence-corrected chi connectivity index (χ4v) is 2.54. The quantitative estimate of drug-likeness (QED) is 0.782. The first-order chi connectivity index (χ1) is 11.9. The highest BCUT2D eigenvalue weighted by molar-refractivity contribution is 6.06. The molecule has 1 heterocycles. The maximum atomic E-state index is 12.4. The van der Waals surface area contributed by atoms with Crippen molar-refractivity contribution < 1.29 is 28.7 Å². The molecule has 134 valence electrons. The third-order valence-corrected chi connectivity index (χ3v) is 3.79. The second kappa shape index (κ2) is 8.27. The monoisotopic (exact) mass is 348 g/mol. The lowest BCUT2D eigenvalue weighted by Gasteiger charge is -2.24. The second-order valence-electron chi connectivity index (χ2n) is 5.69. The predicted octanol–water partition coefficient (Wildman–Crippen LogP) is 1.49. The maximum absolute atomic E-state index is 12.4. The van der Waals surface area contributed by atoms with Crippen LogP contribution in [0, 0.1) is 5.92 Å². The molecule has 3 amide bonds. The number of Topliss-reactive ketones (excluding diaryl/α,β-unsaturated/α-hetero) is 1. The Kier molecular flexibility index (Phi) is 6.10. The minimum atomic E-state index is -1.19. The Morgan fingerprint density at radius 2 is 1.96 bits per heavy atom. The van der Waals surface area contributed by atoms with Crippen molar-refractivity contribution in [2.45, 2.75) is 26.5 Å². The van der Waals surface area contributed by atoms with Crippen molar-refractivity contribution >= 4 is 23.9 Å². The molecule has 1 aliphatic heterocycles. The second-order valence-corrected chi connectivity index (χ2v) is 5.69. The van der Waals surface area contributed by atoms with Crippen molar-refractivity contribution in [3.63, 3.8) is 0 Å². The number of ketones is 1. The Morgan fingerprint density at radius 3 is 2.52 bits per heavy atom. The minimum absolute atomic E-state index is 0.0660. The molecule has 0 radical (unpaired) electrons. The summed E-state index contributed by atoms with van der Waals surface area (Å²) in [6.45, 7) is 2.99. The summed E-state index contributed by atoms with van der Waals surface area (Å²) >= 11 is 0. The first kappa shape index (κ1) is 18.4. The smallest absolute Gasteiger partial charge is 0.416 e. The summed E-state index contributed by atoms with van der Waals surface area (Å²) in [6.07, 6.45) is -1.53. The Hall–Kier alpha value is -2.90. The van der Waals surface area contributed by atoms with E-state index in [2.05, 4.69) is 5.32 Å². The number of cyclic esters (lactones) is 1. The van der Waals surface area contributed by atoms with E-state index in [0.29, 0.717) is 0 Å². The number of ether oxygens (including phenoxy) is 2. The van der Waals surface area contributed by atoms with Gasteiger partial charge in [-0.25, -0.2) is 14.5 Å². The molecular formula is C17H20N2O6. The number of imide groups is 1. The summed E-state index contributed by atoms with van der Waals surface area (Å²) in [7, 11) is 0. The molecule has 0 spiro atoms. The van der Waals surface area contributed by atoms with Gasteiger partial charge >= 0.3 is 12.2 Å². The van der Waals surface area contributed by atoms with Crippen LogP contribution in [0.1, 0.15) is 19.4 Å². The molecule has 0 bridgehead atoms. The van der Waals surface area contributed by atoms with E-state index in [4.69, 9.17) is 9.47 Å². The van der Waals surface area contributed by atoms with E-state index in [9.17, 15) is 19.2 Å². The van der Waals surface area contributed by atoms with Crippen molar-refractivity contribution in [1.82, 2.24) is 10.2 Å². The average molecular weight is 348 g/mol. The number of nitrogens with zero attached hydrogens (tertiary/aromatic N) is 1. The summed E-state index contributed by atoms with van der Waals surface area (Å²) in [5.41, 5.74) is 0.810. The fraction of sp³-hybridized carbons (Fsp3) is 0.412. The van der Waals surface area contributed by atoms with E-state index >= 15 is 0 Å². The lowest BCUT2D eigenvalue weighted by atomic mass is 9.95. The molecule has 0 aromatic heterocycles. The average Bonchev–Trinajstić information content (AvgIpc) is 2.99. The molecule has 1 aromatic carbocycles. The van der Waals surface area contributed by atoms with Gasteiger partial charge in [-0.15, -0.1) is 0 Å². The van der Waals surface area contributed by atoms with Crippen LogP contribution in [-0.4, -0.2) is 48.0 Å². The number of amides is 3. The standard InChI is InChI=1S/C17H20N2O6/c1-11(18-16(22)25-10-13-6-4-3-5-7-13)14(12(2)20)15(21)19-8-9-24-17(19)23/h3-7,11,14H,8-10H2,1-2H3,(H,18,22)/t11-,14-/m0/s1. The molecule has 0 unspecified atom stereocenters. The Balaban J connectivity index is 1.94. The number of rotatable bonds is 6. The van der Waals surface area contributed by atoms with Crippen LogP contribution in [0.15, 0.2) is 30.3 Å². The van der Waals surface area contributed by atoms with Crippen LogP contribution in [0.2, 0.25) is 0 Å². The van der Waals surface area contributed by atoms with Gasteiger partial charge in [0.15, 0.2) is 0 Å². The normalized spacial score (nSPS) is 15.9. The number of hydrogen-bond donors (Lipinski definition) is 1. The van der Waals surface area contributed by atoms with Gasteiger partial charge in [-0.3, -0.25) is 9.59 Å². The number of hydrogen-bond acceptors (Lipinski definition) is 6. The third kappa shape index (κ3) is 4.79. The summed E-state index contributed by atoms with van der Waals surface area (Å²) in [5.74, 6) is -2.33. The molecule has 1 aliphatic rings. The van der Waals surface area contributed by atoms with Crippen molar-refractivity contribution in [1.29, 1.82) is 0 Å². The summed E-state index contributed by atoms with van der Waals surface area (Å²) in [5, 5.41) is 2.47. The maximum Gasteiger partial charge on any atom is 0.416 e. The van der Waals surface area contributed by atoms with E-state index in [-0.39, 0.29) is 19.8 Å². The number of carbonyl (C=O) groups excluding carboxylic acids is 4. The first-order valence-corrected chi connectivity index (χ1v) is 7.86. The summed E-state index contributed by atoms with van der Waals surface area (Å²) in [6, 6.07) is 8.26. The Labute approximate surface area is 145 Å². The zero-order chi connectivity index (χ0) is 18.4. The SMILES string of the molecule is CC(=O)[C@@H](C(=O)N1CCOC1=O)[C@H](C)NC(=O)OCc1ccccc1. The molecule has 1 saturated heterocycles. The van der Waals surface area contributed by atoms with Gasteiger partial charge in [0.2, 0.25) is 5.91 Å². The third-order valence-electron chi connectivity index (χ3n) is 3.79. The molecule has 2 rings (SSSR count). The molecule has 0 saturated carbocycles. The predicted molar refractivity (Wildman–Crippen MR) is 86.5 cm³/mol. The molecular weight excluding hydrogens is 328 g/mol. The lowest BCUT2D eigenvalue weighted by Crippen LogP contribution is -2.49. The van der Waals surface area contributed by atoms with E-state index in [1.54, 1.807) is 12.1 Å². The molecule has 1 fully saturated rings. The molecule has 25 heavy (non-hydrogen) atoms. The van der Waals surface area contributed by atoms with Crippen LogP contribution in [0.4, 0.5) is 9.59 Å². The molecule has 2 atom stereocenters. The van der Waals surface area contributed by atoms with Gasteiger partial charge in [-0.05, 0) is 19.4 Å². The Bertz CT molecular complexity index is 660. The van der Waals surface area contributed by atoms with Crippen LogP contribution >= 0.6 is 0 Å². The summed E-state index contributed by atoms with van der Waals surface area (Å²) < 4.78 is 9.78. The van der Waals surface area contributed by atoms with Crippen LogP contribution in [0.3, 0.4) is 0 Å². The van der Waals surface area contributed by atoms with Crippen molar-refractivity contribution in [2.24, 2.45) is 5.92 Å². The highest BCUT2D eigenvalue weighted by Gasteiger charge is 2.39. The first-order valence-electron chi connectivity index (χ1n) is 7.86. The van der Waals surface area contributed by atoms with Gasteiger partial charge in [0.1, 0.15) is 24.9 Å². The Morgan fingerprint density at radius 1 is 1.28 bits per heavy atom. The zero-order valence-electron chi connectivity index (χ0n) is 14.1. The highest BCUT2D eigenvalue weighted by atomic mass is 16.6. The van der Waals surface area contributed by atoms with Gasteiger partial charge in [0, 0.05) is 6.04 Å². The summed E-state index contributed by atoms with van der Waals surface area (Å²) in [4.78, 5) is 48.6. The minimum Gasteiger partial charge on any atom is -0.447 e. The fourth-order valence-electron chi connectivity index (χ4n) is 2.54.